The Morgan fingerprint density at radius 2 is 1.72 bits per heavy atom. The first-order valence-corrected chi connectivity index (χ1v) is 10.2. The van der Waals surface area contributed by atoms with Gasteiger partial charge in [0, 0.05) is 17.3 Å². The molecule has 0 bridgehead atoms. The maximum Gasteiger partial charge on any atom is 0.273 e. The van der Waals surface area contributed by atoms with E-state index in [1.807, 2.05) is 0 Å². The van der Waals surface area contributed by atoms with Gasteiger partial charge in [0.2, 0.25) is 0 Å². The lowest BCUT2D eigenvalue weighted by molar-refractivity contribution is 0.102. The summed E-state index contributed by atoms with van der Waals surface area (Å²) in [7, 11) is -2.48. The second-order valence-corrected chi connectivity index (χ2v) is 8.00. The fourth-order valence-corrected chi connectivity index (χ4v) is 4.47. The van der Waals surface area contributed by atoms with Crippen molar-refractivity contribution in [1.29, 1.82) is 0 Å². The minimum Gasteiger partial charge on any atom is -0.497 e. The van der Waals surface area contributed by atoms with Gasteiger partial charge in [-0.05, 0) is 54.6 Å². The van der Waals surface area contributed by atoms with Crippen LogP contribution in [0.4, 0.5) is 5.69 Å². The van der Waals surface area contributed by atoms with Crippen LogP contribution in [-0.4, -0.2) is 30.4 Å². The van der Waals surface area contributed by atoms with Gasteiger partial charge in [-0.25, -0.2) is 17.4 Å². The largest absolute Gasteiger partial charge is 0.497 e. The highest BCUT2D eigenvalue weighted by Gasteiger charge is 2.27. The van der Waals surface area contributed by atoms with Gasteiger partial charge in [0.05, 0.1) is 12.0 Å². The number of carbonyl (C=O) groups excluding carboxylic acids is 1. The van der Waals surface area contributed by atoms with E-state index in [-0.39, 0.29) is 16.2 Å². The number of ether oxygens (including phenoxy) is 1. The summed E-state index contributed by atoms with van der Waals surface area (Å²) >= 11 is 0. The monoisotopic (exact) mass is 407 g/mol. The Balaban J connectivity index is 1.82. The zero-order valence-corrected chi connectivity index (χ0v) is 16.3. The van der Waals surface area contributed by atoms with E-state index in [2.05, 4.69) is 10.3 Å². The van der Waals surface area contributed by atoms with E-state index in [1.165, 1.54) is 24.4 Å². The summed E-state index contributed by atoms with van der Waals surface area (Å²) in [6.07, 6.45) is 1.49. The Kier molecular flexibility index (Phi) is 4.77. The van der Waals surface area contributed by atoms with Gasteiger partial charge in [0.25, 0.3) is 15.9 Å². The fourth-order valence-electron chi connectivity index (χ4n) is 2.98. The molecule has 2 heterocycles. The predicted octanol–water partition coefficient (Wildman–Crippen LogP) is 3.53. The molecule has 1 amide bonds. The van der Waals surface area contributed by atoms with E-state index < -0.39 is 15.9 Å². The first-order chi connectivity index (χ1) is 14.0. The Morgan fingerprint density at radius 1 is 1.00 bits per heavy atom. The number of hydrogen-bond acceptors (Lipinski definition) is 5. The average Bonchev–Trinajstić information content (AvgIpc) is 3.15. The molecule has 7 nitrogen and oxygen atoms in total. The standard InChI is InChI=1S/C21H17N3O4S/c1-28-17-11-9-16(10-12-17)23-21(25)19-14-15-6-5-13-22-20(15)24(19)29(26,27)18-7-3-2-4-8-18/h2-14H,1H3,(H,23,25). The number of rotatable bonds is 5. The van der Waals surface area contributed by atoms with Crippen LogP contribution in [0.3, 0.4) is 0 Å². The quantitative estimate of drug-likeness (QED) is 0.547. The summed E-state index contributed by atoms with van der Waals surface area (Å²) in [6.45, 7) is 0. The molecule has 8 heteroatoms. The van der Waals surface area contributed by atoms with Crippen LogP contribution in [0.25, 0.3) is 11.0 Å². The van der Waals surface area contributed by atoms with Crippen molar-refractivity contribution in [3.63, 3.8) is 0 Å². The average molecular weight is 407 g/mol. The number of aromatic nitrogens is 2. The lowest BCUT2D eigenvalue weighted by Gasteiger charge is -2.12. The van der Waals surface area contributed by atoms with Crippen LogP contribution in [-0.2, 0) is 10.0 Å². The summed E-state index contributed by atoms with van der Waals surface area (Å²) in [5.41, 5.74) is 0.673. The smallest absolute Gasteiger partial charge is 0.273 e. The molecule has 0 saturated carbocycles. The van der Waals surface area contributed by atoms with Crippen LogP contribution in [0.2, 0.25) is 0 Å². The fraction of sp³-hybridized carbons (Fsp3) is 0.0476. The Morgan fingerprint density at radius 3 is 2.41 bits per heavy atom. The molecule has 4 rings (SSSR count). The van der Waals surface area contributed by atoms with Gasteiger partial charge < -0.3 is 10.1 Å². The summed E-state index contributed by atoms with van der Waals surface area (Å²) in [4.78, 5) is 17.2. The Hall–Kier alpha value is -3.65. The molecule has 0 aliphatic carbocycles. The van der Waals surface area contributed by atoms with Gasteiger partial charge in [-0.3, -0.25) is 4.79 Å². The number of pyridine rings is 1. The summed E-state index contributed by atoms with van der Waals surface area (Å²) in [5, 5.41) is 3.27. The van der Waals surface area contributed by atoms with Crippen molar-refractivity contribution in [3.8, 4) is 5.75 Å². The number of carbonyl (C=O) groups is 1. The summed E-state index contributed by atoms with van der Waals surface area (Å²) in [6, 6.07) is 19.6. The molecule has 1 N–H and O–H groups in total. The maximum absolute atomic E-state index is 13.3. The molecule has 0 aliphatic rings. The van der Waals surface area contributed by atoms with Crippen LogP contribution in [0.1, 0.15) is 10.5 Å². The van der Waals surface area contributed by atoms with Crippen LogP contribution < -0.4 is 10.1 Å². The van der Waals surface area contributed by atoms with E-state index in [0.29, 0.717) is 16.8 Å². The molecule has 2 aromatic heterocycles. The van der Waals surface area contributed by atoms with Gasteiger partial charge in [0.15, 0.2) is 5.65 Å². The van der Waals surface area contributed by atoms with Crippen molar-refractivity contribution in [3.05, 3.63) is 84.7 Å². The second kappa shape index (κ2) is 7.40. The number of nitrogens with zero attached hydrogens (tertiary/aromatic N) is 2. The van der Waals surface area contributed by atoms with Gasteiger partial charge in [-0.1, -0.05) is 18.2 Å². The highest BCUT2D eigenvalue weighted by molar-refractivity contribution is 7.90. The van der Waals surface area contributed by atoms with E-state index in [9.17, 15) is 13.2 Å². The van der Waals surface area contributed by atoms with Crippen molar-refractivity contribution in [1.82, 2.24) is 8.96 Å². The van der Waals surface area contributed by atoms with E-state index >= 15 is 0 Å². The highest BCUT2D eigenvalue weighted by Crippen LogP contribution is 2.25. The topological polar surface area (TPSA) is 90.3 Å². The van der Waals surface area contributed by atoms with Gasteiger partial charge in [-0.2, -0.15) is 0 Å². The lowest BCUT2D eigenvalue weighted by atomic mass is 10.3. The molecule has 0 aliphatic heterocycles. The Bertz CT molecular complexity index is 1280. The van der Waals surface area contributed by atoms with Crippen LogP contribution in [0, 0.1) is 0 Å². The summed E-state index contributed by atoms with van der Waals surface area (Å²) < 4.78 is 32.7. The van der Waals surface area contributed by atoms with Gasteiger partial charge in [-0.15, -0.1) is 0 Å². The SMILES string of the molecule is COc1ccc(NC(=O)c2cc3cccnc3n2S(=O)(=O)c2ccccc2)cc1. The van der Waals surface area contributed by atoms with Crippen molar-refractivity contribution in [2.75, 3.05) is 12.4 Å². The first-order valence-electron chi connectivity index (χ1n) is 8.73. The molecule has 146 valence electrons. The lowest BCUT2D eigenvalue weighted by Crippen LogP contribution is -2.22. The zero-order valence-electron chi connectivity index (χ0n) is 15.4. The van der Waals surface area contributed by atoms with Crippen LogP contribution >= 0.6 is 0 Å². The van der Waals surface area contributed by atoms with Crippen molar-refractivity contribution >= 4 is 32.7 Å². The number of benzene rings is 2. The molecular weight excluding hydrogens is 390 g/mol. The third-order valence-electron chi connectivity index (χ3n) is 4.38. The molecule has 2 aromatic carbocycles. The maximum atomic E-state index is 13.3. The molecule has 0 unspecified atom stereocenters. The Labute approximate surface area is 167 Å². The molecule has 0 saturated heterocycles. The minimum atomic E-state index is -4.03. The van der Waals surface area contributed by atoms with Crippen molar-refractivity contribution < 1.29 is 17.9 Å². The molecule has 29 heavy (non-hydrogen) atoms. The number of hydrogen-bond donors (Lipinski definition) is 1. The van der Waals surface area contributed by atoms with Crippen molar-refractivity contribution in [2.24, 2.45) is 0 Å². The third kappa shape index (κ3) is 3.45. The van der Waals surface area contributed by atoms with E-state index in [0.717, 1.165) is 3.97 Å². The normalized spacial score (nSPS) is 11.3. The predicted molar refractivity (Wildman–Crippen MR) is 110 cm³/mol. The molecular formula is C21H17N3O4S. The second-order valence-electron chi connectivity index (χ2n) is 6.21. The molecule has 0 spiro atoms. The molecule has 0 radical (unpaired) electrons. The van der Waals surface area contributed by atoms with Gasteiger partial charge >= 0.3 is 0 Å². The zero-order chi connectivity index (χ0) is 20.4. The van der Waals surface area contributed by atoms with E-state index in [4.69, 9.17) is 4.74 Å². The third-order valence-corrected chi connectivity index (χ3v) is 6.10. The number of nitrogens with one attached hydrogen (secondary N) is 1. The van der Waals surface area contributed by atoms with E-state index in [1.54, 1.807) is 61.7 Å². The van der Waals surface area contributed by atoms with Crippen molar-refractivity contribution in [2.45, 2.75) is 4.90 Å². The van der Waals surface area contributed by atoms with Crippen LogP contribution in [0.15, 0.2) is 83.9 Å². The first kappa shape index (κ1) is 18.7. The van der Waals surface area contributed by atoms with Gasteiger partial charge in [0.1, 0.15) is 11.4 Å². The number of methoxy groups -OCH3 is 1. The highest BCUT2D eigenvalue weighted by atomic mass is 32.2. The number of amides is 1. The number of anilines is 1. The van der Waals surface area contributed by atoms with Crippen LogP contribution in [0.5, 0.6) is 5.75 Å². The number of fused-ring (bicyclic) bond motifs is 1. The minimum absolute atomic E-state index is 0.0293. The summed E-state index contributed by atoms with van der Waals surface area (Å²) in [5.74, 6) is 0.0839. The molecule has 0 fully saturated rings. The molecule has 4 aromatic rings. The molecule has 0 atom stereocenters.